The van der Waals surface area contributed by atoms with Gasteiger partial charge in [-0.15, -0.1) is 0 Å². The van der Waals surface area contributed by atoms with E-state index in [-0.39, 0.29) is 11.3 Å². The number of imidazole rings is 1. The van der Waals surface area contributed by atoms with Crippen molar-refractivity contribution < 1.29 is 4.79 Å². The van der Waals surface area contributed by atoms with Gasteiger partial charge in [-0.05, 0) is 17.4 Å². The highest BCUT2D eigenvalue weighted by Gasteiger charge is 2.19. The third-order valence-electron chi connectivity index (χ3n) is 4.55. The van der Waals surface area contributed by atoms with Gasteiger partial charge in [-0.25, -0.2) is 4.98 Å². The number of nitrogens with one attached hydrogen (secondary N) is 1. The summed E-state index contributed by atoms with van der Waals surface area (Å²) < 4.78 is 3.68. The summed E-state index contributed by atoms with van der Waals surface area (Å²) in [7, 11) is 1.82. The minimum atomic E-state index is -0.684. The summed E-state index contributed by atoms with van der Waals surface area (Å²) in [5, 5.41) is 7.37. The molecule has 0 unspecified atom stereocenters. The molecule has 29 heavy (non-hydrogen) atoms. The van der Waals surface area contributed by atoms with Gasteiger partial charge in [-0.2, -0.15) is 5.10 Å². The van der Waals surface area contributed by atoms with Crippen LogP contribution in [0.4, 0.5) is 5.82 Å². The molecule has 3 aromatic rings. The van der Waals surface area contributed by atoms with Gasteiger partial charge in [0.1, 0.15) is 5.82 Å². The molecule has 0 fully saturated rings. The molecule has 154 valence electrons. The predicted molar refractivity (Wildman–Crippen MR) is 114 cm³/mol. The summed E-state index contributed by atoms with van der Waals surface area (Å²) in [6.07, 6.45) is 4.92. The smallest absolute Gasteiger partial charge is 0.242 e. The van der Waals surface area contributed by atoms with Crippen molar-refractivity contribution in [3.8, 4) is 0 Å². The molecule has 7 heteroatoms. The summed E-state index contributed by atoms with van der Waals surface area (Å²) in [4.78, 5) is 16.9. The number of rotatable bonds is 7. The zero-order valence-electron chi connectivity index (χ0n) is 17.6. The van der Waals surface area contributed by atoms with Crippen LogP contribution in [0.2, 0.25) is 0 Å². The summed E-state index contributed by atoms with van der Waals surface area (Å²) in [5.41, 5.74) is 9.19. The van der Waals surface area contributed by atoms with Crippen LogP contribution in [0.1, 0.15) is 37.7 Å². The molecule has 3 N–H and O–H groups in total. The van der Waals surface area contributed by atoms with E-state index in [9.17, 15) is 4.79 Å². The standard InChI is InChI=1S/C22H30N6O/c1-22(2,3)12-17-11-20(27(4)26-17)25-21(29)19(23)10-18-14-28(15-24-18)13-16-8-6-5-7-9-16/h5-9,11,14-15,19H,10,12-13,23H2,1-4H3,(H,25,29)/t19-/m0/s1. The average Bonchev–Trinajstić information content (AvgIpc) is 3.20. The largest absolute Gasteiger partial charge is 0.333 e. The van der Waals surface area contributed by atoms with Crippen LogP contribution in [-0.2, 0) is 31.2 Å². The van der Waals surface area contributed by atoms with Crippen molar-refractivity contribution >= 4 is 11.7 Å². The van der Waals surface area contributed by atoms with Gasteiger partial charge < -0.3 is 15.6 Å². The first kappa shape index (κ1) is 20.8. The van der Waals surface area contributed by atoms with Crippen molar-refractivity contribution in [2.75, 3.05) is 5.32 Å². The van der Waals surface area contributed by atoms with Gasteiger partial charge in [-0.1, -0.05) is 51.1 Å². The molecule has 7 nitrogen and oxygen atoms in total. The Morgan fingerprint density at radius 1 is 1.21 bits per heavy atom. The lowest BCUT2D eigenvalue weighted by Gasteiger charge is -2.15. The van der Waals surface area contributed by atoms with Gasteiger partial charge in [0.05, 0.1) is 23.8 Å². The molecular weight excluding hydrogens is 364 g/mol. The summed E-state index contributed by atoms with van der Waals surface area (Å²) >= 11 is 0. The summed E-state index contributed by atoms with van der Waals surface area (Å²) in [6, 6.07) is 11.4. The Hall–Kier alpha value is -2.93. The van der Waals surface area contributed by atoms with Crippen LogP contribution in [0, 0.1) is 5.41 Å². The quantitative estimate of drug-likeness (QED) is 0.645. The molecule has 0 aliphatic carbocycles. The van der Waals surface area contributed by atoms with Crippen LogP contribution in [0.15, 0.2) is 48.9 Å². The summed E-state index contributed by atoms with van der Waals surface area (Å²) in [5.74, 6) is 0.409. The third-order valence-corrected chi connectivity index (χ3v) is 4.55. The first-order chi connectivity index (χ1) is 13.7. The minimum absolute atomic E-state index is 0.130. The molecule has 0 spiro atoms. The highest BCUT2D eigenvalue weighted by molar-refractivity contribution is 5.94. The van der Waals surface area contributed by atoms with Crippen molar-refractivity contribution in [1.29, 1.82) is 0 Å². The van der Waals surface area contributed by atoms with E-state index < -0.39 is 6.04 Å². The second-order valence-electron chi connectivity index (χ2n) is 8.70. The van der Waals surface area contributed by atoms with Crippen molar-refractivity contribution in [3.63, 3.8) is 0 Å². The van der Waals surface area contributed by atoms with E-state index in [0.717, 1.165) is 24.4 Å². The van der Waals surface area contributed by atoms with Gasteiger partial charge in [0.15, 0.2) is 0 Å². The molecule has 3 rings (SSSR count). The molecule has 0 aliphatic heterocycles. The molecule has 1 amide bonds. The Balaban J connectivity index is 1.57. The number of carbonyl (C=O) groups is 1. The van der Waals surface area contributed by atoms with Crippen LogP contribution >= 0.6 is 0 Å². The van der Waals surface area contributed by atoms with Crippen molar-refractivity contribution in [2.24, 2.45) is 18.2 Å². The number of hydrogen-bond acceptors (Lipinski definition) is 4. The van der Waals surface area contributed by atoms with Crippen LogP contribution in [0.5, 0.6) is 0 Å². The lowest BCUT2D eigenvalue weighted by atomic mass is 9.91. The molecule has 0 radical (unpaired) electrons. The number of nitrogens with zero attached hydrogens (tertiary/aromatic N) is 4. The number of amides is 1. The molecule has 1 aromatic carbocycles. The fourth-order valence-corrected chi connectivity index (χ4v) is 3.20. The third kappa shape index (κ3) is 6.02. The first-order valence-corrected chi connectivity index (χ1v) is 9.83. The van der Waals surface area contributed by atoms with Gasteiger partial charge >= 0.3 is 0 Å². The fraction of sp³-hybridized carbons (Fsp3) is 0.409. The van der Waals surface area contributed by atoms with E-state index >= 15 is 0 Å². The van der Waals surface area contributed by atoms with Gasteiger partial charge in [-0.3, -0.25) is 9.48 Å². The summed E-state index contributed by atoms with van der Waals surface area (Å²) in [6.45, 7) is 7.22. The SMILES string of the molecule is Cn1nc(CC(C)(C)C)cc1NC(=O)[C@@H](N)Cc1cn(Cc2ccccc2)cn1. The highest BCUT2D eigenvalue weighted by Crippen LogP contribution is 2.21. The molecular formula is C22H30N6O. The van der Waals surface area contributed by atoms with Gasteiger partial charge in [0.2, 0.25) is 5.91 Å². The highest BCUT2D eigenvalue weighted by atomic mass is 16.2. The topological polar surface area (TPSA) is 90.8 Å². The number of carbonyl (C=O) groups excluding carboxylic acids is 1. The van der Waals surface area contributed by atoms with E-state index in [1.54, 1.807) is 11.0 Å². The van der Waals surface area contributed by atoms with Crippen LogP contribution < -0.4 is 11.1 Å². The second kappa shape index (κ2) is 8.61. The number of aromatic nitrogens is 4. The number of nitrogens with two attached hydrogens (primary N) is 1. The molecule has 1 atom stereocenters. The van der Waals surface area contributed by atoms with Crippen molar-refractivity contribution in [2.45, 2.75) is 46.2 Å². The maximum Gasteiger partial charge on any atom is 0.242 e. The lowest BCUT2D eigenvalue weighted by Crippen LogP contribution is -2.38. The minimum Gasteiger partial charge on any atom is -0.333 e. The van der Waals surface area contributed by atoms with Crippen LogP contribution in [-0.4, -0.2) is 31.3 Å². The Labute approximate surface area is 171 Å². The predicted octanol–water partition coefficient (Wildman–Crippen LogP) is 2.76. The van der Waals surface area contributed by atoms with E-state index in [4.69, 9.17) is 5.73 Å². The molecule has 2 aromatic heterocycles. The molecule has 0 saturated carbocycles. The Kier molecular flexibility index (Phi) is 6.17. The fourth-order valence-electron chi connectivity index (χ4n) is 3.20. The molecule has 2 heterocycles. The Morgan fingerprint density at radius 2 is 1.93 bits per heavy atom. The number of benzene rings is 1. The molecule has 0 saturated heterocycles. The zero-order valence-corrected chi connectivity index (χ0v) is 17.6. The second-order valence-corrected chi connectivity index (χ2v) is 8.70. The average molecular weight is 395 g/mol. The molecule has 0 bridgehead atoms. The van der Waals surface area contributed by atoms with E-state index in [0.29, 0.717) is 12.2 Å². The number of hydrogen-bond donors (Lipinski definition) is 2. The van der Waals surface area contributed by atoms with Gasteiger partial charge in [0.25, 0.3) is 0 Å². The normalized spacial score (nSPS) is 12.7. The molecule has 0 aliphatic rings. The zero-order chi connectivity index (χ0) is 21.0. The van der Waals surface area contributed by atoms with E-state index in [1.165, 1.54) is 5.56 Å². The van der Waals surface area contributed by atoms with E-state index in [1.807, 2.05) is 42.1 Å². The van der Waals surface area contributed by atoms with Crippen molar-refractivity contribution in [1.82, 2.24) is 19.3 Å². The van der Waals surface area contributed by atoms with Gasteiger partial charge in [0, 0.05) is 32.3 Å². The number of anilines is 1. The van der Waals surface area contributed by atoms with Crippen LogP contribution in [0.3, 0.4) is 0 Å². The van der Waals surface area contributed by atoms with Crippen LogP contribution in [0.25, 0.3) is 0 Å². The Morgan fingerprint density at radius 3 is 2.62 bits per heavy atom. The van der Waals surface area contributed by atoms with E-state index in [2.05, 4.69) is 48.3 Å². The number of aryl methyl sites for hydroxylation is 1. The van der Waals surface area contributed by atoms with Crippen molar-refractivity contribution in [3.05, 3.63) is 65.9 Å². The Bertz CT molecular complexity index is 951. The maximum atomic E-state index is 12.5. The maximum absolute atomic E-state index is 12.5. The lowest BCUT2D eigenvalue weighted by molar-refractivity contribution is -0.117. The first-order valence-electron chi connectivity index (χ1n) is 9.83. The monoisotopic (exact) mass is 394 g/mol.